The molecule has 158 valence electrons. The minimum absolute atomic E-state index is 0.0127. The predicted molar refractivity (Wildman–Crippen MR) is 116 cm³/mol. The molecule has 0 aromatic rings. The Balaban J connectivity index is 0.000000552. The summed E-state index contributed by atoms with van der Waals surface area (Å²) in [6.07, 6.45) is 10.3. The van der Waals surface area contributed by atoms with Crippen molar-refractivity contribution in [2.45, 2.75) is 73.1 Å². The Morgan fingerprint density at radius 2 is 1.66 bits per heavy atom. The first-order valence-corrected chi connectivity index (χ1v) is 11.0. The lowest BCUT2D eigenvalue weighted by atomic mass is 9.46. The Labute approximate surface area is 176 Å². The van der Waals surface area contributed by atoms with Crippen LogP contribution in [0.3, 0.4) is 0 Å². The summed E-state index contributed by atoms with van der Waals surface area (Å²) >= 11 is 0. The third-order valence-electron chi connectivity index (χ3n) is 8.87. The van der Waals surface area contributed by atoms with Gasteiger partial charge < -0.3 is 4.79 Å². The molecule has 0 aliphatic heterocycles. The lowest BCUT2D eigenvalue weighted by Crippen LogP contribution is -2.52. The van der Waals surface area contributed by atoms with Crippen LogP contribution in [-0.2, 0) is 14.4 Å². The maximum absolute atomic E-state index is 12.5. The first kappa shape index (κ1) is 22.2. The average molecular weight is 397 g/mol. The monoisotopic (exact) mass is 396 g/mol. The zero-order valence-electron chi connectivity index (χ0n) is 18.8. The van der Waals surface area contributed by atoms with Crippen molar-refractivity contribution in [1.29, 1.82) is 0 Å². The van der Waals surface area contributed by atoms with E-state index >= 15 is 0 Å². The molecule has 29 heavy (non-hydrogen) atoms. The van der Waals surface area contributed by atoms with Crippen LogP contribution in [0.15, 0.2) is 23.3 Å². The Bertz CT molecular complexity index is 799. The molecule has 0 aromatic heterocycles. The second kappa shape index (κ2) is 7.32. The minimum Gasteiger partial charge on any atom is -0.300 e. The molecule has 0 bridgehead atoms. The van der Waals surface area contributed by atoms with Crippen LogP contribution in [0.4, 0.5) is 0 Å². The highest BCUT2D eigenvalue weighted by molar-refractivity contribution is 5.92. The topological polar surface area (TPSA) is 51.2 Å². The highest BCUT2D eigenvalue weighted by Gasteiger charge is 2.63. The van der Waals surface area contributed by atoms with E-state index < -0.39 is 5.41 Å². The number of hydrogen-bond acceptors (Lipinski definition) is 3. The van der Waals surface area contributed by atoms with Crippen molar-refractivity contribution in [2.75, 3.05) is 0 Å². The fourth-order valence-electron chi connectivity index (χ4n) is 7.13. The van der Waals surface area contributed by atoms with E-state index in [4.69, 9.17) is 0 Å². The van der Waals surface area contributed by atoms with Crippen LogP contribution in [0, 0.1) is 47.8 Å². The van der Waals surface area contributed by atoms with Crippen LogP contribution in [0.25, 0.3) is 0 Å². The molecular weight excluding hydrogens is 360 g/mol. The Hall–Kier alpha value is -1.51. The first-order chi connectivity index (χ1) is 13.4. The van der Waals surface area contributed by atoms with Crippen molar-refractivity contribution >= 4 is 17.3 Å². The normalized spacial score (nSPS) is 43.0. The number of rotatable bonds is 1. The van der Waals surface area contributed by atoms with Crippen LogP contribution < -0.4 is 0 Å². The van der Waals surface area contributed by atoms with Gasteiger partial charge in [0.1, 0.15) is 11.6 Å². The van der Waals surface area contributed by atoms with Crippen molar-refractivity contribution in [3.63, 3.8) is 0 Å². The number of allylic oxidation sites excluding steroid dienone is 4. The molecule has 0 spiro atoms. The second-order valence-corrected chi connectivity index (χ2v) is 10.4. The first-order valence-electron chi connectivity index (χ1n) is 11.0. The van der Waals surface area contributed by atoms with E-state index in [1.165, 1.54) is 18.1 Å². The van der Waals surface area contributed by atoms with Gasteiger partial charge in [-0.15, -0.1) is 0 Å². The number of carbonyl (C=O) groups excluding carboxylic acids is 3. The largest absolute Gasteiger partial charge is 0.300 e. The molecule has 0 heterocycles. The van der Waals surface area contributed by atoms with Gasteiger partial charge in [0.2, 0.25) is 0 Å². The molecule has 0 saturated heterocycles. The van der Waals surface area contributed by atoms with E-state index in [0.717, 1.165) is 32.1 Å². The van der Waals surface area contributed by atoms with Crippen molar-refractivity contribution in [3.05, 3.63) is 37.1 Å². The zero-order valence-corrected chi connectivity index (χ0v) is 18.8. The number of carbonyl (C=O) groups is 3. The van der Waals surface area contributed by atoms with E-state index in [-0.39, 0.29) is 28.2 Å². The van der Waals surface area contributed by atoms with E-state index in [1.54, 1.807) is 6.92 Å². The SMILES string of the molecule is [CH2]C(C)=O.[CH2]C1(C(C)=O)CCC2C3C=C(C)C4=CC(=O)CCC4(C)C3CCC21C. The Morgan fingerprint density at radius 1 is 1.07 bits per heavy atom. The van der Waals surface area contributed by atoms with E-state index in [2.05, 4.69) is 40.7 Å². The number of hydrogen-bond donors (Lipinski definition) is 0. The standard InChI is InChI=1S/C23H31O2.C3H5O/c1-14-12-17-18(21(3)9-6-16(25)13-20(14)21)7-11-23(5)19(17)8-10-22(23,4)15(2)24;1-3(2)4/h12-13,17-19H,4,6-11H2,1-3,5H3;1H2,2H3. The van der Waals surface area contributed by atoms with Gasteiger partial charge in [0.05, 0.1) is 0 Å². The molecule has 0 N–H and O–H groups in total. The molecule has 6 atom stereocenters. The van der Waals surface area contributed by atoms with Gasteiger partial charge in [-0.2, -0.15) is 0 Å². The highest BCUT2D eigenvalue weighted by Crippen LogP contribution is 2.69. The van der Waals surface area contributed by atoms with Crippen molar-refractivity contribution in [3.8, 4) is 0 Å². The maximum Gasteiger partial charge on any atom is 0.156 e. The molecule has 2 radical (unpaired) electrons. The predicted octanol–water partition coefficient (Wildman–Crippen LogP) is 5.50. The summed E-state index contributed by atoms with van der Waals surface area (Å²) in [5, 5.41) is 0. The molecule has 2 saturated carbocycles. The molecule has 4 rings (SSSR count). The summed E-state index contributed by atoms with van der Waals surface area (Å²) in [4.78, 5) is 33.8. The molecule has 4 aliphatic carbocycles. The van der Waals surface area contributed by atoms with Gasteiger partial charge in [-0.1, -0.05) is 25.5 Å². The molecule has 3 heteroatoms. The van der Waals surface area contributed by atoms with Gasteiger partial charge in [0.25, 0.3) is 0 Å². The summed E-state index contributed by atoms with van der Waals surface area (Å²) in [6, 6.07) is 0. The number of Topliss-reactive ketones (excluding diaryl/α,β-unsaturated/α-hetero) is 2. The highest BCUT2D eigenvalue weighted by atomic mass is 16.1. The van der Waals surface area contributed by atoms with Crippen LogP contribution in [-0.4, -0.2) is 17.3 Å². The van der Waals surface area contributed by atoms with Gasteiger partial charge in [0.15, 0.2) is 5.78 Å². The fourth-order valence-corrected chi connectivity index (χ4v) is 7.13. The maximum atomic E-state index is 12.5. The van der Waals surface area contributed by atoms with E-state index in [9.17, 15) is 14.4 Å². The minimum atomic E-state index is -0.413. The van der Waals surface area contributed by atoms with Crippen molar-refractivity contribution < 1.29 is 14.4 Å². The van der Waals surface area contributed by atoms with Gasteiger partial charge in [-0.3, -0.25) is 9.59 Å². The molecule has 4 aliphatic rings. The summed E-state index contributed by atoms with van der Waals surface area (Å²) in [5.41, 5.74) is 2.31. The van der Waals surface area contributed by atoms with Gasteiger partial charge >= 0.3 is 0 Å². The van der Waals surface area contributed by atoms with Gasteiger partial charge in [-0.05, 0) is 100 Å². The molecule has 0 amide bonds. The molecule has 3 nitrogen and oxygen atoms in total. The summed E-state index contributed by atoms with van der Waals surface area (Å²) in [6.45, 7) is 17.5. The lowest BCUT2D eigenvalue weighted by Gasteiger charge is -2.58. The molecular formula is C26H36O3. The summed E-state index contributed by atoms with van der Waals surface area (Å²) < 4.78 is 0. The number of fused-ring (bicyclic) bond motifs is 5. The zero-order chi connectivity index (χ0) is 21.8. The lowest BCUT2D eigenvalue weighted by molar-refractivity contribution is -0.134. The van der Waals surface area contributed by atoms with Crippen LogP contribution in [0.1, 0.15) is 73.1 Å². The molecule has 6 unspecified atom stereocenters. The van der Waals surface area contributed by atoms with Crippen LogP contribution in [0.2, 0.25) is 0 Å². The van der Waals surface area contributed by atoms with Crippen LogP contribution in [0.5, 0.6) is 0 Å². The summed E-state index contributed by atoms with van der Waals surface area (Å²) in [7, 11) is 0. The van der Waals surface area contributed by atoms with Crippen molar-refractivity contribution in [1.82, 2.24) is 0 Å². The second-order valence-electron chi connectivity index (χ2n) is 10.4. The Kier molecular flexibility index (Phi) is 5.60. The third-order valence-corrected chi connectivity index (χ3v) is 8.87. The molecule has 0 aromatic carbocycles. The quantitative estimate of drug-likeness (QED) is 0.588. The number of ketones is 3. The van der Waals surface area contributed by atoms with E-state index in [1.807, 2.05) is 6.08 Å². The van der Waals surface area contributed by atoms with Gasteiger partial charge in [-0.25, -0.2) is 0 Å². The summed E-state index contributed by atoms with van der Waals surface area (Å²) in [5.74, 6) is 2.13. The fraction of sp³-hybridized carbons (Fsp3) is 0.654. The molecule has 2 fully saturated rings. The van der Waals surface area contributed by atoms with E-state index in [0.29, 0.717) is 24.2 Å². The Morgan fingerprint density at radius 3 is 2.24 bits per heavy atom. The van der Waals surface area contributed by atoms with Crippen LogP contribution >= 0.6 is 0 Å². The average Bonchev–Trinajstić information content (AvgIpc) is 2.89. The van der Waals surface area contributed by atoms with Gasteiger partial charge in [0, 0.05) is 18.8 Å². The third kappa shape index (κ3) is 3.29. The van der Waals surface area contributed by atoms with Crippen molar-refractivity contribution in [2.24, 2.45) is 34.0 Å². The smallest absolute Gasteiger partial charge is 0.156 e.